The van der Waals surface area contributed by atoms with E-state index in [-0.39, 0.29) is 17.2 Å². The van der Waals surface area contributed by atoms with Crippen molar-refractivity contribution < 1.29 is 9.90 Å². The smallest absolute Gasteiger partial charge is 0.252 e. The van der Waals surface area contributed by atoms with Gasteiger partial charge in [0.15, 0.2) is 0 Å². The molecule has 1 aromatic carbocycles. The van der Waals surface area contributed by atoms with E-state index in [1.54, 1.807) is 0 Å². The minimum Gasteiger partial charge on any atom is -0.508 e. The van der Waals surface area contributed by atoms with Gasteiger partial charge in [-0.2, -0.15) is 5.10 Å². The van der Waals surface area contributed by atoms with E-state index in [9.17, 15) is 9.90 Å². The second kappa shape index (κ2) is 5.50. The molecule has 7 heteroatoms. The van der Waals surface area contributed by atoms with Crippen molar-refractivity contribution in [1.82, 2.24) is 20.5 Å². The van der Waals surface area contributed by atoms with Crippen molar-refractivity contribution in [1.29, 1.82) is 0 Å². The Labute approximate surface area is 108 Å². The molecule has 0 saturated carbocycles. The predicted octanol–water partition coefficient (Wildman–Crippen LogP) is 1.14. The van der Waals surface area contributed by atoms with Gasteiger partial charge in [-0.05, 0) is 18.2 Å². The molecule has 0 radical (unpaired) electrons. The van der Waals surface area contributed by atoms with Gasteiger partial charge in [0.05, 0.1) is 10.6 Å². The van der Waals surface area contributed by atoms with Crippen LogP contribution in [0.15, 0.2) is 24.5 Å². The van der Waals surface area contributed by atoms with Gasteiger partial charge in [-0.25, -0.2) is 4.98 Å². The Bertz CT molecular complexity index is 542. The molecule has 3 N–H and O–H groups in total. The predicted molar refractivity (Wildman–Crippen MR) is 65.5 cm³/mol. The van der Waals surface area contributed by atoms with Crippen LogP contribution in [0.2, 0.25) is 5.02 Å². The van der Waals surface area contributed by atoms with Crippen molar-refractivity contribution in [3.8, 4) is 5.75 Å². The zero-order valence-corrected chi connectivity index (χ0v) is 10.1. The number of halogens is 1. The molecule has 0 fully saturated rings. The quantitative estimate of drug-likeness (QED) is 0.774. The van der Waals surface area contributed by atoms with Gasteiger partial charge in [-0.3, -0.25) is 9.89 Å². The number of H-pyrrole nitrogens is 1. The molecule has 0 unspecified atom stereocenters. The molecule has 0 atom stereocenters. The Hall–Kier alpha value is -2.08. The van der Waals surface area contributed by atoms with Crippen LogP contribution in [0.1, 0.15) is 16.2 Å². The summed E-state index contributed by atoms with van der Waals surface area (Å²) in [5, 5.41) is 18.7. The summed E-state index contributed by atoms with van der Waals surface area (Å²) in [6.07, 6.45) is 1.95. The number of aromatic nitrogens is 3. The highest BCUT2D eigenvalue weighted by molar-refractivity contribution is 6.33. The maximum Gasteiger partial charge on any atom is 0.252 e. The van der Waals surface area contributed by atoms with E-state index in [1.165, 1.54) is 24.5 Å². The molecule has 6 nitrogen and oxygen atoms in total. The van der Waals surface area contributed by atoms with Gasteiger partial charge in [0.2, 0.25) is 0 Å². The van der Waals surface area contributed by atoms with Crippen LogP contribution in [0.5, 0.6) is 5.75 Å². The van der Waals surface area contributed by atoms with Crippen molar-refractivity contribution in [2.24, 2.45) is 0 Å². The number of rotatable bonds is 4. The summed E-state index contributed by atoms with van der Waals surface area (Å²) < 4.78 is 0. The fourth-order valence-electron chi connectivity index (χ4n) is 1.43. The molecule has 2 rings (SSSR count). The zero-order chi connectivity index (χ0) is 13.0. The number of benzene rings is 1. The number of hydrogen-bond donors (Lipinski definition) is 3. The molecular formula is C11H11ClN4O2. The van der Waals surface area contributed by atoms with Crippen molar-refractivity contribution in [3.63, 3.8) is 0 Å². The maximum atomic E-state index is 11.8. The van der Waals surface area contributed by atoms with Gasteiger partial charge < -0.3 is 10.4 Å². The molecule has 0 bridgehead atoms. The number of carbonyl (C=O) groups is 1. The Balaban J connectivity index is 1.93. The van der Waals surface area contributed by atoms with Crippen molar-refractivity contribution in [3.05, 3.63) is 40.9 Å². The van der Waals surface area contributed by atoms with Crippen molar-refractivity contribution >= 4 is 17.5 Å². The Morgan fingerprint density at radius 3 is 3.06 bits per heavy atom. The van der Waals surface area contributed by atoms with Gasteiger partial charge in [-0.15, -0.1) is 0 Å². The topological polar surface area (TPSA) is 90.9 Å². The summed E-state index contributed by atoms with van der Waals surface area (Å²) in [5.74, 6) is 0.354. The summed E-state index contributed by atoms with van der Waals surface area (Å²) in [6, 6.07) is 4.22. The molecule has 0 spiro atoms. The first-order chi connectivity index (χ1) is 8.66. The highest BCUT2D eigenvalue weighted by Gasteiger charge is 2.10. The summed E-state index contributed by atoms with van der Waals surface area (Å²) >= 11 is 5.87. The first-order valence-electron chi connectivity index (χ1n) is 5.28. The number of nitrogens with zero attached hydrogens (tertiary/aromatic N) is 2. The molecule has 0 aliphatic carbocycles. The minimum atomic E-state index is -0.338. The lowest BCUT2D eigenvalue weighted by atomic mass is 10.2. The Morgan fingerprint density at radius 1 is 1.50 bits per heavy atom. The molecule has 1 amide bonds. The second-order valence-electron chi connectivity index (χ2n) is 3.60. The van der Waals surface area contributed by atoms with Crippen LogP contribution in [-0.2, 0) is 6.42 Å². The zero-order valence-electron chi connectivity index (χ0n) is 9.35. The normalized spacial score (nSPS) is 10.3. The van der Waals surface area contributed by atoms with Crippen LogP contribution in [-0.4, -0.2) is 32.7 Å². The average Bonchev–Trinajstić information content (AvgIpc) is 2.85. The number of amides is 1. The maximum absolute atomic E-state index is 11.8. The number of carbonyl (C=O) groups excluding carboxylic acids is 1. The van der Waals surface area contributed by atoms with Crippen LogP contribution in [0.3, 0.4) is 0 Å². The van der Waals surface area contributed by atoms with Crippen LogP contribution < -0.4 is 5.32 Å². The number of hydrogen-bond acceptors (Lipinski definition) is 4. The van der Waals surface area contributed by atoms with Gasteiger partial charge in [0, 0.05) is 13.0 Å². The first kappa shape index (κ1) is 12.4. The fraction of sp³-hybridized carbons (Fsp3) is 0.182. The second-order valence-corrected chi connectivity index (χ2v) is 4.01. The number of aromatic amines is 1. The Kier molecular flexibility index (Phi) is 3.78. The minimum absolute atomic E-state index is 0.000199. The molecule has 1 heterocycles. The lowest BCUT2D eigenvalue weighted by molar-refractivity contribution is 0.0953. The number of nitrogens with one attached hydrogen (secondary N) is 2. The molecule has 0 saturated heterocycles. The summed E-state index contributed by atoms with van der Waals surface area (Å²) in [5.41, 5.74) is 0.245. The Morgan fingerprint density at radius 2 is 2.33 bits per heavy atom. The molecule has 0 aliphatic heterocycles. The van der Waals surface area contributed by atoms with E-state index in [0.717, 1.165) is 0 Å². The van der Waals surface area contributed by atoms with E-state index in [1.807, 2.05) is 0 Å². The average molecular weight is 267 g/mol. The van der Waals surface area contributed by atoms with Crippen LogP contribution in [0.25, 0.3) is 0 Å². The third-order valence-corrected chi connectivity index (χ3v) is 2.64. The fourth-order valence-corrected chi connectivity index (χ4v) is 1.63. The largest absolute Gasteiger partial charge is 0.508 e. The lowest BCUT2D eigenvalue weighted by Gasteiger charge is -2.06. The number of phenolic OH excluding ortho intramolecular Hbond substituents is 1. The molecular weight excluding hydrogens is 256 g/mol. The van der Waals surface area contributed by atoms with E-state index in [2.05, 4.69) is 20.5 Å². The standard InChI is InChI=1S/C11H11ClN4O2/c12-9-2-1-7(17)5-8(9)11(18)13-4-3-10-14-6-15-16-10/h1-2,5-6,17H,3-4H2,(H,13,18)(H,14,15,16). The summed E-state index contributed by atoms with van der Waals surface area (Å²) in [6.45, 7) is 0.403. The molecule has 2 aromatic rings. The van der Waals surface area contributed by atoms with E-state index in [0.29, 0.717) is 23.8 Å². The van der Waals surface area contributed by atoms with E-state index >= 15 is 0 Å². The van der Waals surface area contributed by atoms with Gasteiger partial charge in [0.1, 0.15) is 17.9 Å². The van der Waals surface area contributed by atoms with Gasteiger partial charge >= 0.3 is 0 Å². The van der Waals surface area contributed by atoms with Crippen LogP contribution in [0, 0.1) is 0 Å². The van der Waals surface area contributed by atoms with Crippen LogP contribution >= 0.6 is 11.6 Å². The SMILES string of the molecule is O=C(NCCc1ncn[nH]1)c1cc(O)ccc1Cl. The third kappa shape index (κ3) is 2.98. The molecule has 94 valence electrons. The summed E-state index contributed by atoms with van der Waals surface area (Å²) in [7, 11) is 0. The highest BCUT2D eigenvalue weighted by atomic mass is 35.5. The van der Waals surface area contributed by atoms with E-state index < -0.39 is 0 Å². The third-order valence-electron chi connectivity index (χ3n) is 2.31. The highest BCUT2D eigenvalue weighted by Crippen LogP contribution is 2.20. The van der Waals surface area contributed by atoms with E-state index in [4.69, 9.17) is 11.6 Å². The molecule has 1 aromatic heterocycles. The lowest BCUT2D eigenvalue weighted by Crippen LogP contribution is -2.26. The first-order valence-corrected chi connectivity index (χ1v) is 5.65. The monoisotopic (exact) mass is 266 g/mol. The van der Waals surface area contributed by atoms with Crippen LogP contribution in [0.4, 0.5) is 0 Å². The molecule has 0 aliphatic rings. The summed E-state index contributed by atoms with van der Waals surface area (Å²) in [4.78, 5) is 15.7. The molecule has 18 heavy (non-hydrogen) atoms. The van der Waals surface area contributed by atoms with Crippen molar-refractivity contribution in [2.75, 3.05) is 6.54 Å². The van der Waals surface area contributed by atoms with Gasteiger partial charge in [0.25, 0.3) is 5.91 Å². The van der Waals surface area contributed by atoms with Gasteiger partial charge in [-0.1, -0.05) is 11.6 Å². The van der Waals surface area contributed by atoms with Crippen molar-refractivity contribution in [2.45, 2.75) is 6.42 Å². The number of aromatic hydroxyl groups is 1. The number of phenols is 1.